The number of anilines is 1. The molecule has 0 bridgehead atoms. The number of hydrogen-bond donors (Lipinski definition) is 1. The second-order valence-electron chi connectivity index (χ2n) is 5.74. The highest BCUT2D eigenvalue weighted by atomic mass is 16.7. The van der Waals surface area contributed by atoms with E-state index in [1.54, 1.807) is 0 Å². The summed E-state index contributed by atoms with van der Waals surface area (Å²) < 4.78 is 0. The molecule has 0 aliphatic carbocycles. The van der Waals surface area contributed by atoms with Crippen molar-refractivity contribution in [2.24, 2.45) is 10.6 Å². The minimum atomic E-state index is -0.402. The fourth-order valence-corrected chi connectivity index (χ4v) is 1.97. The van der Waals surface area contributed by atoms with E-state index in [0.29, 0.717) is 17.0 Å². The molecule has 0 saturated heterocycles. The molecule has 2 rings (SSSR count). The lowest BCUT2D eigenvalue weighted by Crippen LogP contribution is -2.21. The highest BCUT2D eigenvalue weighted by molar-refractivity contribution is 6.26. The lowest BCUT2D eigenvalue weighted by molar-refractivity contribution is -0.136. The second kappa shape index (κ2) is 4.53. The lowest BCUT2D eigenvalue weighted by Gasteiger charge is -2.17. The Balaban J connectivity index is 2.47. The van der Waals surface area contributed by atoms with Crippen molar-refractivity contribution in [1.29, 1.82) is 0 Å². The van der Waals surface area contributed by atoms with Crippen LogP contribution in [-0.2, 0) is 9.63 Å². The third-order valence-corrected chi connectivity index (χ3v) is 3.00. The van der Waals surface area contributed by atoms with E-state index in [1.807, 2.05) is 52.0 Å². The summed E-state index contributed by atoms with van der Waals surface area (Å²) in [5.74, 6) is -0.402. The molecular weight excluding hydrogens is 240 g/mol. The van der Waals surface area contributed by atoms with Crippen molar-refractivity contribution in [3.05, 3.63) is 34.9 Å². The van der Waals surface area contributed by atoms with Crippen LogP contribution in [0.15, 0.2) is 28.9 Å². The van der Waals surface area contributed by atoms with Crippen LogP contribution < -0.4 is 5.73 Å². The molecule has 0 unspecified atom stereocenters. The van der Waals surface area contributed by atoms with Gasteiger partial charge in [-0.15, -0.1) is 0 Å². The maximum Gasteiger partial charge on any atom is 0.367 e. The third kappa shape index (κ3) is 2.67. The molecule has 0 atom stereocenters. The zero-order chi connectivity index (χ0) is 14.2. The Morgan fingerprint density at radius 3 is 2.58 bits per heavy atom. The van der Waals surface area contributed by atoms with Gasteiger partial charge in [0.2, 0.25) is 0 Å². The number of hydrogen-bond acceptors (Lipinski definition) is 4. The zero-order valence-corrected chi connectivity index (χ0v) is 11.7. The minimum Gasteiger partial charge on any atom is -0.399 e. The Morgan fingerprint density at radius 2 is 2.00 bits per heavy atom. The number of nitrogens with zero attached hydrogens (tertiary/aromatic N) is 1. The average molecular weight is 258 g/mol. The molecule has 1 heterocycles. The van der Waals surface area contributed by atoms with E-state index in [9.17, 15) is 4.79 Å². The van der Waals surface area contributed by atoms with Gasteiger partial charge in [-0.05, 0) is 36.3 Å². The van der Waals surface area contributed by atoms with E-state index in [-0.39, 0.29) is 5.41 Å². The van der Waals surface area contributed by atoms with Crippen LogP contribution in [0.4, 0.5) is 5.69 Å². The minimum absolute atomic E-state index is 0.236. The fourth-order valence-electron chi connectivity index (χ4n) is 1.97. The van der Waals surface area contributed by atoms with E-state index in [1.165, 1.54) is 0 Å². The third-order valence-electron chi connectivity index (χ3n) is 3.00. The molecule has 4 heteroatoms. The van der Waals surface area contributed by atoms with Crippen LogP contribution in [0.1, 0.15) is 31.9 Å². The Morgan fingerprint density at radius 1 is 1.32 bits per heavy atom. The summed E-state index contributed by atoms with van der Waals surface area (Å²) in [6.45, 7) is 7.95. The van der Waals surface area contributed by atoms with Gasteiger partial charge in [0.25, 0.3) is 0 Å². The number of carbonyl (C=O) groups excluding carboxylic acids is 1. The number of nitrogens with two attached hydrogens (primary N) is 1. The number of aryl methyl sites for hydroxylation is 1. The van der Waals surface area contributed by atoms with Gasteiger partial charge in [-0.3, -0.25) is 0 Å². The molecular formula is C15H18N2O2. The molecule has 2 N–H and O–H groups in total. The normalized spacial score (nSPS) is 17.6. The molecule has 0 radical (unpaired) electrons. The molecule has 1 aliphatic rings. The van der Waals surface area contributed by atoms with Crippen molar-refractivity contribution < 1.29 is 9.63 Å². The summed E-state index contributed by atoms with van der Waals surface area (Å²) in [7, 11) is 0. The predicted octanol–water partition coefficient (Wildman–Crippen LogP) is 2.92. The SMILES string of the molecule is Cc1cc(N)ccc1C=C1C(=O)ON=C1C(C)(C)C. The molecule has 1 aromatic carbocycles. The largest absolute Gasteiger partial charge is 0.399 e. The van der Waals surface area contributed by atoms with Crippen LogP contribution in [-0.4, -0.2) is 11.7 Å². The molecule has 0 aromatic heterocycles. The second-order valence-corrected chi connectivity index (χ2v) is 5.74. The van der Waals surface area contributed by atoms with Crippen molar-refractivity contribution in [2.75, 3.05) is 5.73 Å². The smallest absolute Gasteiger partial charge is 0.367 e. The van der Waals surface area contributed by atoms with Crippen molar-refractivity contribution in [3.63, 3.8) is 0 Å². The molecule has 0 amide bonds. The van der Waals surface area contributed by atoms with E-state index >= 15 is 0 Å². The van der Waals surface area contributed by atoms with Crippen molar-refractivity contribution >= 4 is 23.4 Å². The zero-order valence-electron chi connectivity index (χ0n) is 11.7. The van der Waals surface area contributed by atoms with Gasteiger partial charge in [0.05, 0.1) is 5.57 Å². The van der Waals surface area contributed by atoms with E-state index in [2.05, 4.69) is 5.16 Å². The first-order valence-electron chi connectivity index (χ1n) is 6.17. The highest BCUT2D eigenvalue weighted by Gasteiger charge is 2.33. The Labute approximate surface area is 112 Å². The van der Waals surface area contributed by atoms with Gasteiger partial charge in [0, 0.05) is 11.1 Å². The summed E-state index contributed by atoms with van der Waals surface area (Å²) in [6, 6.07) is 5.58. The topological polar surface area (TPSA) is 64.7 Å². The summed E-state index contributed by atoms with van der Waals surface area (Å²) in [6.07, 6.45) is 1.81. The monoisotopic (exact) mass is 258 g/mol. The first-order chi connectivity index (χ1) is 8.79. The number of rotatable bonds is 1. The van der Waals surface area contributed by atoms with Crippen molar-refractivity contribution in [1.82, 2.24) is 0 Å². The van der Waals surface area contributed by atoms with Crippen molar-refractivity contribution in [3.8, 4) is 0 Å². The van der Waals surface area contributed by atoms with Gasteiger partial charge in [-0.1, -0.05) is 32.0 Å². The van der Waals surface area contributed by atoms with Crippen LogP contribution >= 0.6 is 0 Å². The van der Waals surface area contributed by atoms with Gasteiger partial charge in [0.1, 0.15) is 5.71 Å². The Hall–Kier alpha value is -2.10. The quantitative estimate of drug-likeness (QED) is 0.478. The lowest BCUT2D eigenvalue weighted by atomic mass is 9.85. The molecule has 4 nitrogen and oxygen atoms in total. The van der Waals surface area contributed by atoms with Crippen LogP contribution in [0.2, 0.25) is 0 Å². The average Bonchev–Trinajstić information content (AvgIpc) is 2.64. The van der Waals surface area contributed by atoms with Crippen LogP contribution in [0.25, 0.3) is 6.08 Å². The molecule has 1 aliphatic heterocycles. The summed E-state index contributed by atoms with van der Waals surface area (Å²) in [4.78, 5) is 16.6. The molecule has 100 valence electrons. The standard InChI is InChI=1S/C15H18N2O2/c1-9-7-11(16)6-5-10(9)8-12-13(15(2,3)4)17-19-14(12)18/h5-8H,16H2,1-4H3. The Kier molecular flexibility index (Phi) is 3.18. The fraction of sp³-hybridized carbons (Fsp3) is 0.333. The van der Waals surface area contributed by atoms with Gasteiger partial charge in [0.15, 0.2) is 0 Å². The summed E-state index contributed by atoms with van der Waals surface area (Å²) in [5.41, 5.74) is 9.34. The number of oxime groups is 1. The van der Waals surface area contributed by atoms with Crippen molar-refractivity contribution in [2.45, 2.75) is 27.7 Å². The highest BCUT2D eigenvalue weighted by Crippen LogP contribution is 2.28. The first kappa shape index (κ1) is 13.3. The molecule has 0 spiro atoms. The molecule has 19 heavy (non-hydrogen) atoms. The van der Waals surface area contributed by atoms with Gasteiger partial charge in [-0.25, -0.2) is 4.79 Å². The maximum atomic E-state index is 11.8. The van der Waals surface area contributed by atoms with Crippen LogP contribution in [0.3, 0.4) is 0 Å². The molecule has 0 fully saturated rings. The van der Waals surface area contributed by atoms with E-state index < -0.39 is 5.97 Å². The summed E-state index contributed by atoms with van der Waals surface area (Å²) in [5, 5.41) is 3.89. The van der Waals surface area contributed by atoms with E-state index in [4.69, 9.17) is 10.6 Å². The predicted molar refractivity (Wildman–Crippen MR) is 76.6 cm³/mol. The number of nitrogen functional groups attached to an aromatic ring is 1. The Bertz CT molecular complexity index is 593. The van der Waals surface area contributed by atoms with Gasteiger partial charge in [-0.2, -0.15) is 0 Å². The van der Waals surface area contributed by atoms with Gasteiger partial charge < -0.3 is 10.6 Å². The first-order valence-corrected chi connectivity index (χ1v) is 6.17. The van der Waals surface area contributed by atoms with Crippen LogP contribution in [0.5, 0.6) is 0 Å². The number of benzene rings is 1. The maximum absolute atomic E-state index is 11.8. The van der Waals surface area contributed by atoms with E-state index in [0.717, 1.165) is 11.1 Å². The van der Waals surface area contributed by atoms with Crippen LogP contribution in [0, 0.1) is 12.3 Å². The van der Waals surface area contributed by atoms with Gasteiger partial charge >= 0.3 is 5.97 Å². The summed E-state index contributed by atoms with van der Waals surface area (Å²) >= 11 is 0. The molecule has 1 aromatic rings. The number of carbonyl (C=O) groups is 1. The molecule has 0 saturated carbocycles.